The van der Waals surface area contributed by atoms with Crippen molar-refractivity contribution in [3.05, 3.63) is 35.4 Å². The van der Waals surface area contributed by atoms with Gasteiger partial charge in [-0.25, -0.2) is 0 Å². The Morgan fingerprint density at radius 3 is 2.80 bits per heavy atom. The molecular weight excluding hydrogens is 278 g/mol. The van der Waals surface area contributed by atoms with Crippen LogP contribution >= 0.6 is 12.4 Å². The van der Waals surface area contributed by atoms with E-state index in [1.54, 1.807) is 18.2 Å². The van der Waals surface area contributed by atoms with E-state index < -0.39 is 5.91 Å². The number of carbonyl (C=O) groups excluding carboxylic acids is 2. The third-order valence-corrected chi connectivity index (χ3v) is 3.31. The standard InChI is InChI=1S/C14H19N3O2.ClH/c15-13(18)11-5-3-4-10(8-11)9-17-14(19)12-6-1-2-7-16-12;/h3-5,8,12,16H,1-2,6-7,9H2,(H2,15,18)(H,17,19);1H/t12-;/m0./s1. The summed E-state index contributed by atoms with van der Waals surface area (Å²) in [5.74, 6) is -0.439. The van der Waals surface area contributed by atoms with Crippen LogP contribution in [0.25, 0.3) is 0 Å². The van der Waals surface area contributed by atoms with Gasteiger partial charge in [-0.1, -0.05) is 18.6 Å². The maximum Gasteiger partial charge on any atom is 0.248 e. The van der Waals surface area contributed by atoms with Crippen molar-refractivity contribution in [2.45, 2.75) is 31.8 Å². The minimum atomic E-state index is -0.456. The van der Waals surface area contributed by atoms with Crippen LogP contribution in [-0.4, -0.2) is 24.4 Å². The highest BCUT2D eigenvalue weighted by molar-refractivity contribution is 5.92. The van der Waals surface area contributed by atoms with E-state index in [-0.39, 0.29) is 24.4 Å². The molecule has 2 rings (SSSR count). The lowest BCUT2D eigenvalue weighted by Crippen LogP contribution is -2.46. The smallest absolute Gasteiger partial charge is 0.248 e. The summed E-state index contributed by atoms with van der Waals surface area (Å²) in [5, 5.41) is 6.08. The Balaban J connectivity index is 0.00000200. The van der Waals surface area contributed by atoms with Crippen LogP contribution in [0, 0.1) is 0 Å². The maximum absolute atomic E-state index is 11.9. The highest BCUT2D eigenvalue weighted by Crippen LogP contribution is 2.08. The maximum atomic E-state index is 11.9. The average molecular weight is 298 g/mol. The van der Waals surface area contributed by atoms with E-state index >= 15 is 0 Å². The van der Waals surface area contributed by atoms with E-state index in [2.05, 4.69) is 10.6 Å². The largest absolute Gasteiger partial charge is 0.366 e. The Labute approximate surface area is 124 Å². The predicted octanol–water partition coefficient (Wildman–Crippen LogP) is 0.966. The second-order valence-electron chi connectivity index (χ2n) is 4.78. The molecule has 0 aliphatic carbocycles. The Hall–Kier alpha value is -1.59. The zero-order chi connectivity index (χ0) is 13.7. The van der Waals surface area contributed by atoms with E-state index in [0.29, 0.717) is 12.1 Å². The van der Waals surface area contributed by atoms with Gasteiger partial charge in [0.2, 0.25) is 11.8 Å². The van der Waals surface area contributed by atoms with Crippen LogP contribution in [0.2, 0.25) is 0 Å². The van der Waals surface area contributed by atoms with Crippen LogP contribution in [0.1, 0.15) is 35.2 Å². The first-order valence-electron chi connectivity index (χ1n) is 6.56. The molecule has 4 N–H and O–H groups in total. The monoisotopic (exact) mass is 297 g/mol. The van der Waals surface area contributed by atoms with Gasteiger partial charge in [0.05, 0.1) is 6.04 Å². The number of nitrogens with two attached hydrogens (primary N) is 1. The van der Waals surface area contributed by atoms with Crippen molar-refractivity contribution in [2.75, 3.05) is 6.54 Å². The zero-order valence-corrected chi connectivity index (χ0v) is 12.0. The minimum Gasteiger partial charge on any atom is -0.366 e. The normalized spacial score (nSPS) is 17.9. The first-order chi connectivity index (χ1) is 9.16. The molecule has 2 amide bonds. The lowest BCUT2D eigenvalue weighted by atomic mass is 10.0. The van der Waals surface area contributed by atoms with Crippen LogP contribution < -0.4 is 16.4 Å². The molecule has 1 heterocycles. The first kappa shape index (κ1) is 16.5. The molecule has 1 aromatic carbocycles. The number of hydrogen-bond acceptors (Lipinski definition) is 3. The fourth-order valence-corrected chi connectivity index (χ4v) is 2.22. The fourth-order valence-electron chi connectivity index (χ4n) is 2.22. The van der Waals surface area contributed by atoms with Gasteiger partial charge in [0.25, 0.3) is 0 Å². The van der Waals surface area contributed by atoms with Crippen molar-refractivity contribution in [1.82, 2.24) is 10.6 Å². The number of primary amides is 1. The summed E-state index contributed by atoms with van der Waals surface area (Å²) >= 11 is 0. The molecule has 1 fully saturated rings. The molecule has 5 nitrogen and oxygen atoms in total. The van der Waals surface area contributed by atoms with Gasteiger partial charge in [0.15, 0.2) is 0 Å². The SMILES string of the molecule is Cl.NC(=O)c1cccc(CNC(=O)[C@@H]2CCCCN2)c1. The minimum absolute atomic E-state index is 0. The van der Waals surface area contributed by atoms with Gasteiger partial charge in [-0.2, -0.15) is 0 Å². The molecule has 0 radical (unpaired) electrons. The average Bonchev–Trinajstić information content (AvgIpc) is 2.46. The van der Waals surface area contributed by atoms with E-state index in [4.69, 9.17) is 5.73 Å². The van der Waals surface area contributed by atoms with Crippen LogP contribution in [0.15, 0.2) is 24.3 Å². The predicted molar refractivity (Wildman–Crippen MR) is 79.7 cm³/mol. The van der Waals surface area contributed by atoms with Crippen LogP contribution in [0.3, 0.4) is 0 Å². The molecule has 0 saturated carbocycles. The van der Waals surface area contributed by atoms with Gasteiger partial charge in [0.1, 0.15) is 0 Å². The Kier molecular flexibility index (Phi) is 6.48. The Bertz CT molecular complexity index is 473. The van der Waals surface area contributed by atoms with Crippen molar-refractivity contribution in [1.29, 1.82) is 0 Å². The van der Waals surface area contributed by atoms with Gasteiger partial charge in [-0.15, -0.1) is 12.4 Å². The van der Waals surface area contributed by atoms with E-state index in [9.17, 15) is 9.59 Å². The quantitative estimate of drug-likeness (QED) is 0.774. The number of carbonyl (C=O) groups is 2. The number of rotatable bonds is 4. The van der Waals surface area contributed by atoms with Gasteiger partial charge in [-0.3, -0.25) is 9.59 Å². The van der Waals surface area contributed by atoms with E-state index in [0.717, 1.165) is 31.4 Å². The van der Waals surface area contributed by atoms with Gasteiger partial charge in [-0.05, 0) is 37.1 Å². The molecule has 0 spiro atoms. The highest BCUT2D eigenvalue weighted by Gasteiger charge is 2.19. The summed E-state index contributed by atoms with van der Waals surface area (Å²) in [7, 11) is 0. The molecule has 1 aliphatic heterocycles. The molecule has 6 heteroatoms. The molecule has 1 aliphatic rings. The second kappa shape index (κ2) is 7.87. The summed E-state index contributed by atoms with van der Waals surface area (Å²) < 4.78 is 0. The molecular formula is C14H20ClN3O2. The van der Waals surface area contributed by atoms with Crippen molar-refractivity contribution >= 4 is 24.2 Å². The van der Waals surface area contributed by atoms with Crippen LogP contribution in [0.5, 0.6) is 0 Å². The second-order valence-corrected chi connectivity index (χ2v) is 4.78. The van der Waals surface area contributed by atoms with Crippen molar-refractivity contribution < 1.29 is 9.59 Å². The Morgan fingerprint density at radius 2 is 2.15 bits per heavy atom. The summed E-state index contributed by atoms with van der Waals surface area (Å²) in [4.78, 5) is 23.0. The molecule has 110 valence electrons. The number of amides is 2. The molecule has 1 atom stereocenters. The van der Waals surface area contributed by atoms with Gasteiger partial charge in [0, 0.05) is 12.1 Å². The van der Waals surface area contributed by atoms with Crippen molar-refractivity contribution in [3.8, 4) is 0 Å². The van der Waals surface area contributed by atoms with E-state index in [1.165, 1.54) is 0 Å². The number of hydrogen-bond donors (Lipinski definition) is 3. The highest BCUT2D eigenvalue weighted by atomic mass is 35.5. The lowest BCUT2D eigenvalue weighted by Gasteiger charge is -2.22. The van der Waals surface area contributed by atoms with Crippen molar-refractivity contribution in [2.24, 2.45) is 5.73 Å². The molecule has 20 heavy (non-hydrogen) atoms. The molecule has 0 bridgehead atoms. The molecule has 0 unspecified atom stereocenters. The lowest BCUT2D eigenvalue weighted by molar-refractivity contribution is -0.123. The van der Waals surface area contributed by atoms with Crippen molar-refractivity contribution in [3.63, 3.8) is 0 Å². The summed E-state index contributed by atoms with van der Waals surface area (Å²) in [6.07, 6.45) is 3.10. The Morgan fingerprint density at radius 1 is 1.35 bits per heavy atom. The number of piperidine rings is 1. The molecule has 1 saturated heterocycles. The third kappa shape index (κ3) is 4.51. The summed E-state index contributed by atoms with van der Waals surface area (Å²) in [5.41, 5.74) is 6.56. The summed E-state index contributed by atoms with van der Waals surface area (Å²) in [6, 6.07) is 6.91. The van der Waals surface area contributed by atoms with Crippen LogP contribution in [-0.2, 0) is 11.3 Å². The third-order valence-electron chi connectivity index (χ3n) is 3.31. The first-order valence-corrected chi connectivity index (χ1v) is 6.56. The topological polar surface area (TPSA) is 84.2 Å². The molecule has 1 aromatic rings. The number of benzene rings is 1. The molecule has 0 aromatic heterocycles. The number of halogens is 1. The zero-order valence-electron chi connectivity index (χ0n) is 11.2. The van der Waals surface area contributed by atoms with Crippen LogP contribution in [0.4, 0.5) is 0 Å². The van der Waals surface area contributed by atoms with Gasteiger partial charge >= 0.3 is 0 Å². The summed E-state index contributed by atoms with van der Waals surface area (Å²) in [6.45, 7) is 1.31. The number of nitrogens with one attached hydrogen (secondary N) is 2. The van der Waals surface area contributed by atoms with E-state index in [1.807, 2.05) is 6.07 Å². The van der Waals surface area contributed by atoms with Gasteiger partial charge < -0.3 is 16.4 Å². The fraction of sp³-hybridized carbons (Fsp3) is 0.429.